The molecule has 1 aliphatic heterocycles. The molecule has 1 aliphatic rings. The summed E-state index contributed by atoms with van der Waals surface area (Å²) in [6.07, 6.45) is 3.88. The summed E-state index contributed by atoms with van der Waals surface area (Å²) in [5.41, 5.74) is 0. The van der Waals surface area contributed by atoms with Gasteiger partial charge in [0.1, 0.15) is 0 Å². The van der Waals surface area contributed by atoms with E-state index < -0.39 is 0 Å². The lowest BCUT2D eigenvalue weighted by molar-refractivity contribution is -0.145. The first kappa shape index (κ1) is 12.5. The van der Waals surface area contributed by atoms with E-state index in [-0.39, 0.29) is 5.97 Å². The number of likely N-dealkylation sites (tertiary alicyclic amines) is 1. The second kappa shape index (κ2) is 6.83. The molecule has 0 saturated carbocycles. The van der Waals surface area contributed by atoms with E-state index in [1.807, 2.05) is 6.92 Å². The lowest BCUT2D eigenvalue weighted by Crippen LogP contribution is -2.37. The van der Waals surface area contributed by atoms with Gasteiger partial charge in [-0.2, -0.15) is 0 Å². The minimum absolute atomic E-state index is 0.0360. The maximum atomic E-state index is 11.2. The lowest BCUT2D eigenvalue weighted by Gasteiger charge is -2.31. The molecule has 0 unspecified atom stereocenters. The largest absolute Gasteiger partial charge is 0.465 e. The molecule has 0 aromatic rings. The molecule has 0 spiro atoms. The van der Waals surface area contributed by atoms with Crippen molar-refractivity contribution in [3.63, 3.8) is 0 Å². The van der Waals surface area contributed by atoms with Crippen LogP contribution in [-0.2, 0) is 9.53 Å². The first-order chi connectivity index (χ1) is 7.26. The average molecular weight is 213 g/mol. The molecule has 0 aromatic heterocycles. The zero-order chi connectivity index (χ0) is 11.1. The Morgan fingerprint density at radius 1 is 1.47 bits per heavy atom. The Hall–Kier alpha value is -0.570. The summed E-state index contributed by atoms with van der Waals surface area (Å²) >= 11 is 0. The summed E-state index contributed by atoms with van der Waals surface area (Å²) in [6.45, 7) is 8.21. The van der Waals surface area contributed by atoms with Crippen LogP contribution in [0, 0.1) is 5.92 Å². The van der Waals surface area contributed by atoms with Crippen LogP contribution in [0.1, 0.15) is 39.5 Å². The summed E-state index contributed by atoms with van der Waals surface area (Å²) in [5, 5.41) is 0. The molecule has 0 aliphatic carbocycles. The number of esters is 1. The molecule has 0 N–H and O–H groups in total. The van der Waals surface area contributed by atoms with Crippen LogP contribution in [0.25, 0.3) is 0 Å². The van der Waals surface area contributed by atoms with Gasteiger partial charge in [-0.3, -0.25) is 4.79 Å². The monoisotopic (exact) mass is 213 g/mol. The van der Waals surface area contributed by atoms with Gasteiger partial charge in [0, 0.05) is 18.9 Å². The van der Waals surface area contributed by atoms with Crippen LogP contribution in [0.15, 0.2) is 0 Å². The van der Waals surface area contributed by atoms with Crippen LogP contribution in [0.3, 0.4) is 0 Å². The topological polar surface area (TPSA) is 29.5 Å². The van der Waals surface area contributed by atoms with Crippen molar-refractivity contribution >= 4 is 5.97 Å². The number of carbonyl (C=O) groups excluding carboxylic acids is 1. The van der Waals surface area contributed by atoms with E-state index in [0.29, 0.717) is 18.9 Å². The van der Waals surface area contributed by atoms with Crippen LogP contribution in [0.5, 0.6) is 0 Å². The Balaban J connectivity index is 2.17. The molecule has 0 bridgehead atoms. The fraction of sp³-hybridized carbons (Fsp3) is 0.917. The molecular formula is C12H23NO2. The molecule has 1 rings (SSSR count). The van der Waals surface area contributed by atoms with Crippen molar-refractivity contribution in [3.05, 3.63) is 0 Å². The number of ether oxygens (including phenoxy) is 1. The Morgan fingerprint density at radius 2 is 2.27 bits per heavy atom. The minimum Gasteiger partial charge on any atom is -0.465 e. The van der Waals surface area contributed by atoms with Gasteiger partial charge in [-0.25, -0.2) is 0 Å². The maximum absolute atomic E-state index is 11.2. The van der Waals surface area contributed by atoms with Gasteiger partial charge < -0.3 is 9.64 Å². The second-order valence-corrected chi connectivity index (χ2v) is 4.33. The Kier molecular flexibility index (Phi) is 5.69. The smallest absolute Gasteiger partial charge is 0.305 e. The van der Waals surface area contributed by atoms with Crippen molar-refractivity contribution in [3.8, 4) is 0 Å². The molecule has 3 heteroatoms. The molecular weight excluding hydrogens is 190 g/mol. The van der Waals surface area contributed by atoms with Gasteiger partial charge in [0.2, 0.25) is 0 Å². The second-order valence-electron chi connectivity index (χ2n) is 4.33. The molecule has 1 atom stereocenters. The lowest BCUT2D eigenvalue weighted by atomic mass is 9.99. The summed E-state index contributed by atoms with van der Waals surface area (Å²) < 4.78 is 5.25. The zero-order valence-electron chi connectivity index (χ0n) is 10.00. The first-order valence-corrected chi connectivity index (χ1v) is 6.14. The summed E-state index contributed by atoms with van der Waals surface area (Å²) in [4.78, 5) is 13.6. The van der Waals surface area contributed by atoms with Crippen molar-refractivity contribution in [2.24, 2.45) is 5.92 Å². The van der Waals surface area contributed by atoms with Gasteiger partial charge in [0.15, 0.2) is 0 Å². The standard InChI is InChI=1S/C12H23NO2/c1-3-6-12(14)15-10-11-7-5-8-13(4-2)9-11/h11H,3-10H2,1-2H3/t11-/m0/s1. The zero-order valence-corrected chi connectivity index (χ0v) is 10.00. The third-order valence-corrected chi connectivity index (χ3v) is 2.98. The molecule has 0 amide bonds. The molecule has 1 fully saturated rings. The fourth-order valence-corrected chi connectivity index (χ4v) is 2.06. The van der Waals surface area contributed by atoms with Crippen molar-refractivity contribution in [1.82, 2.24) is 4.90 Å². The van der Waals surface area contributed by atoms with Crippen molar-refractivity contribution in [2.45, 2.75) is 39.5 Å². The fourth-order valence-electron chi connectivity index (χ4n) is 2.06. The number of hydrogen-bond acceptors (Lipinski definition) is 3. The van der Waals surface area contributed by atoms with Crippen LogP contribution < -0.4 is 0 Å². The Morgan fingerprint density at radius 3 is 2.93 bits per heavy atom. The van der Waals surface area contributed by atoms with Crippen LogP contribution in [0.4, 0.5) is 0 Å². The molecule has 0 radical (unpaired) electrons. The first-order valence-electron chi connectivity index (χ1n) is 6.14. The number of hydrogen-bond donors (Lipinski definition) is 0. The van der Waals surface area contributed by atoms with Gasteiger partial charge in [-0.05, 0) is 32.4 Å². The van der Waals surface area contributed by atoms with E-state index >= 15 is 0 Å². The molecule has 1 saturated heterocycles. The highest BCUT2D eigenvalue weighted by Gasteiger charge is 2.19. The Bertz CT molecular complexity index is 194. The number of rotatable bonds is 5. The van der Waals surface area contributed by atoms with Crippen molar-refractivity contribution < 1.29 is 9.53 Å². The van der Waals surface area contributed by atoms with Crippen molar-refractivity contribution in [2.75, 3.05) is 26.2 Å². The van der Waals surface area contributed by atoms with Gasteiger partial charge >= 0.3 is 5.97 Å². The van der Waals surface area contributed by atoms with E-state index in [1.54, 1.807) is 0 Å². The normalized spacial score (nSPS) is 22.7. The summed E-state index contributed by atoms with van der Waals surface area (Å²) in [7, 11) is 0. The highest BCUT2D eigenvalue weighted by Crippen LogP contribution is 2.16. The third kappa shape index (κ3) is 4.65. The molecule has 15 heavy (non-hydrogen) atoms. The van der Waals surface area contributed by atoms with Crippen LogP contribution in [0.2, 0.25) is 0 Å². The minimum atomic E-state index is -0.0360. The Labute approximate surface area is 92.8 Å². The number of piperidine rings is 1. The van der Waals surface area contributed by atoms with Gasteiger partial charge in [0.05, 0.1) is 6.61 Å². The summed E-state index contributed by atoms with van der Waals surface area (Å²) in [5.74, 6) is 0.519. The van der Waals surface area contributed by atoms with E-state index in [2.05, 4.69) is 11.8 Å². The van der Waals surface area contributed by atoms with E-state index in [0.717, 1.165) is 19.5 Å². The molecule has 3 nitrogen and oxygen atoms in total. The summed E-state index contributed by atoms with van der Waals surface area (Å²) in [6, 6.07) is 0. The van der Waals surface area contributed by atoms with Crippen LogP contribution >= 0.6 is 0 Å². The van der Waals surface area contributed by atoms with E-state index in [4.69, 9.17) is 4.74 Å². The third-order valence-electron chi connectivity index (χ3n) is 2.98. The van der Waals surface area contributed by atoms with Gasteiger partial charge in [-0.15, -0.1) is 0 Å². The van der Waals surface area contributed by atoms with E-state index in [1.165, 1.54) is 19.4 Å². The highest BCUT2D eigenvalue weighted by molar-refractivity contribution is 5.69. The molecule has 0 aromatic carbocycles. The molecule has 1 heterocycles. The maximum Gasteiger partial charge on any atom is 0.305 e. The predicted octanol–water partition coefficient (Wildman–Crippen LogP) is 2.06. The van der Waals surface area contributed by atoms with Gasteiger partial charge in [-0.1, -0.05) is 13.8 Å². The van der Waals surface area contributed by atoms with Crippen LogP contribution in [-0.4, -0.2) is 37.1 Å². The quantitative estimate of drug-likeness (QED) is 0.655. The number of nitrogens with zero attached hydrogens (tertiary/aromatic N) is 1. The predicted molar refractivity (Wildman–Crippen MR) is 60.7 cm³/mol. The van der Waals surface area contributed by atoms with E-state index in [9.17, 15) is 4.79 Å². The average Bonchev–Trinajstić information content (AvgIpc) is 2.27. The van der Waals surface area contributed by atoms with Crippen molar-refractivity contribution in [1.29, 1.82) is 0 Å². The highest BCUT2D eigenvalue weighted by atomic mass is 16.5. The number of carbonyl (C=O) groups is 1. The van der Waals surface area contributed by atoms with Gasteiger partial charge in [0.25, 0.3) is 0 Å². The molecule has 88 valence electrons. The SMILES string of the molecule is CCCC(=O)OC[C@H]1CCCN(CC)C1.